The van der Waals surface area contributed by atoms with E-state index in [1.54, 1.807) is 13.3 Å². The van der Waals surface area contributed by atoms with Crippen molar-refractivity contribution < 1.29 is 46.5 Å². The maximum atomic E-state index is 5.04. The molecule has 0 spiro atoms. The predicted molar refractivity (Wildman–Crippen MR) is 171 cm³/mol. The summed E-state index contributed by atoms with van der Waals surface area (Å²) in [6, 6.07) is 18.2. The van der Waals surface area contributed by atoms with E-state index < -0.39 is 0 Å². The molecule has 1 aliphatic rings. The minimum atomic E-state index is 0. The molecule has 1 aliphatic carbocycles. The van der Waals surface area contributed by atoms with Crippen molar-refractivity contribution in [1.82, 2.24) is 10.6 Å². The average Bonchev–Trinajstić information content (AvgIpc) is 2.97. The number of hydrogen-bond donors (Lipinski definition) is 3. The van der Waals surface area contributed by atoms with Crippen LogP contribution >= 0.6 is 0 Å². The van der Waals surface area contributed by atoms with Crippen LogP contribution in [0.4, 0.5) is 5.69 Å². The van der Waals surface area contributed by atoms with Crippen LogP contribution in [-0.4, -0.2) is 27.4 Å². The average molecular weight is 660 g/mol. The van der Waals surface area contributed by atoms with Crippen LogP contribution in [0, 0.1) is 56.1 Å². The third-order valence-corrected chi connectivity index (χ3v) is 5.27. The molecular weight excluding hydrogens is 607 g/mol. The fraction of sp³-hybridized carbons (Fsp3) is 0.353. The standard InChI is InChI=1S/C10H14N2O.C10H14.C8H10.C5H12N.CH3.Ce/c1-3-11-8-12-9-4-6-10(13-2)7-5-9;1-2-3-7-10-8-5-4-6-9-10;1-2-8-6-4-3-5-7-8;1-3-4-5-6-2;;/h3-7,11-12H,1,8H2,2H3;2,5,8-9H,1,3-4,6-7H2;3-7H,2H2,1H3;6H,1,3-5H2,2H3;1H3;/q;;;2*-1;. The van der Waals surface area contributed by atoms with Crippen LogP contribution in [0.1, 0.15) is 51.0 Å². The summed E-state index contributed by atoms with van der Waals surface area (Å²) in [7, 11) is 3.61. The number of aryl methyl sites for hydroxylation is 1. The summed E-state index contributed by atoms with van der Waals surface area (Å²) in [4.78, 5) is 0. The Balaban J connectivity index is -0.000000452. The second-order valence-corrected chi connectivity index (χ2v) is 8.23. The Hall–Kier alpha value is -1.86. The summed E-state index contributed by atoms with van der Waals surface area (Å²) in [6.45, 7) is 14.9. The molecule has 0 radical (unpaired) electrons. The molecule has 0 saturated heterocycles. The number of anilines is 1. The summed E-state index contributed by atoms with van der Waals surface area (Å²) in [5.41, 5.74) is 3.94. The summed E-state index contributed by atoms with van der Waals surface area (Å²) < 4.78 is 5.04. The molecule has 0 aromatic heterocycles. The van der Waals surface area contributed by atoms with E-state index in [-0.39, 0.29) is 49.2 Å². The minimum absolute atomic E-state index is 0. The van der Waals surface area contributed by atoms with E-state index in [2.05, 4.69) is 85.4 Å². The van der Waals surface area contributed by atoms with Crippen LogP contribution in [0.5, 0.6) is 5.75 Å². The zero-order chi connectivity index (χ0) is 27.4. The summed E-state index contributed by atoms with van der Waals surface area (Å²) in [5.74, 6) is 0.863. The maximum absolute atomic E-state index is 5.04. The predicted octanol–water partition coefficient (Wildman–Crippen LogP) is 8.55. The zero-order valence-electron chi connectivity index (χ0n) is 25.0. The Labute approximate surface area is 274 Å². The molecule has 39 heavy (non-hydrogen) atoms. The summed E-state index contributed by atoms with van der Waals surface area (Å²) in [6.07, 6.45) is 18.5. The van der Waals surface area contributed by atoms with Crippen LogP contribution < -0.4 is 20.7 Å². The second kappa shape index (κ2) is 32.3. The van der Waals surface area contributed by atoms with Gasteiger partial charge in [0, 0.05) is 47.4 Å². The van der Waals surface area contributed by atoms with E-state index in [4.69, 9.17) is 4.74 Å². The zero-order valence-corrected chi connectivity index (χ0v) is 28.1. The van der Waals surface area contributed by atoms with Crippen LogP contribution in [0.25, 0.3) is 0 Å². The number of benzene rings is 2. The third kappa shape index (κ3) is 26.1. The van der Waals surface area contributed by atoms with Gasteiger partial charge in [0.05, 0.1) is 13.8 Å². The molecule has 2 aromatic carbocycles. The quantitative estimate of drug-likeness (QED) is 0.0925. The smallest absolute Gasteiger partial charge is 0.119 e. The number of unbranched alkanes of at least 4 members (excludes halogenated alkanes) is 1. The summed E-state index contributed by atoms with van der Waals surface area (Å²) >= 11 is 0. The maximum Gasteiger partial charge on any atom is 0.119 e. The number of nitrogens with one attached hydrogen (secondary N) is 3. The normalized spacial score (nSPS) is 10.5. The van der Waals surface area contributed by atoms with E-state index in [0.29, 0.717) is 6.67 Å². The van der Waals surface area contributed by atoms with Crippen LogP contribution in [0.15, 0.2) is 104 Å². The Morgan fingerprint density at radius 1 is 1.03 bits per heavy atom. The topological polar surface area (TPSA) is 45.3 Å². The van der Waals surface area contributed by atoms with Gasteiger partial charge in [-0.1, -0.05) is 80.1 Å². The van der Waals surface area contributed by atoms with Crippen LogP contribution in [-0.2, 0) is 6.42 Å². The Morgan fingerprint density at radius 3 is 2.15 bits per heavy atom. The molecular formula is C34H53CeN3O-2. The van der Waals surface area contributed by atoms with Crippen molar-refractivity contribution in [2.75, 3.05) is 32.7 Å². The van der Waals surface area contributed by atoms with E-state index in [9.17, 15) is 0 Å². The molecule has 216 valence electrons. The van der Waals surface area contributed by atoms with Gasteiger partial charge >= 0.3 is 0 Å². The van der Waals surface area contributed by atoms with E-state index in [0.717, 1.165) is 37.2 Å². The Kier molecular flexibility index (Phi) is 34.5. The van der Waals surface area contributed by atoms with Gasteiger partial charge in [0.25, 0.3) is 0 Å². The van der Waals surface area contributed by atoms with E-state index >= 15 is 0 Å². The fourth-order valence-corrected chi connectivity index (χ4v) is 3.07. The molecule has 3 N–H and O–H groups in total. The molecule has 0 saturated carbocycles. The third-order valence-electron chi connectivity index (χ3n) is 5.27. The Bertz CT molecular complexity index is 845. The van der Waals surface area contributed by atoms with E-state index in [1.165, 1.54) is 36.8 Å². The molecule has 0 atom stereocenters. The first kappa shape index (κ1) is 41.6. The first-order valence-corrected chi connectivity index (χ1v) is 13.3. The first-order chi connectivity index (χ1) is 18.1. The van der Waals surface area contributed by atoms with Gasteiger partial charge in [-0.25, -0.2) is 0 Å². The van der Waals surface area contributed by atoms with Crippen molar-refractivity contribution in [2.24, 2.45) is 0 Å². The molecule has 5 heteroatoms. The van der Waals surface area contributed by atoms with Gasteiger partial charge in [-0.2, -0.15) is 6.42 Å². The van der Waals surface area contributed by atoms with Gasteiger partial charge in [0.2, 0.25) is 0 Å². The van der Waals surface area contributed by atoms with Crippen molar-refractivity contribution in [3.05, 3.63) is 124 Å². The Morgan fingerprint density at radius 2 is 1.72 bits per heavy atom. The van der Waals surface area contributed by atoms with Gasteiger partial charge in [0.1, 0.15) is 5.75 Å². The molecule has 2 aromatic rings. The van der Waals surface area contributed by atoms with Crippen molar-refractivity contribution in [2.45, 2.75) is 51.9 Å². The monoisotopic (exact) mass is 659 g/mol. The van der Waals surface area contributed by atoms with Crippen LogP contribution in [0.2, 0.25) is 0 Å². The van der Waals surface area contributed by atoms with E-state index in [1.807, 2.05) is 43.5 Å². The van der Waals surface area contributed by atoms with Gasteiger partial charge in [-0.15, -0.1) is 6.58 Å². The number of ether oxygens (including phenoxy) is 1. The molecule has 3 rings (SSSR count). The molecule has 0 heterocycles. The molecule has 4 nitrogen and oxygen atoms in total. The van der Waals surface area contributed by atoms with Crippen molar-refractivity contribution in [3.8, 4) is 5.75 Å². The first-order valence-electron chi connectivity index (χ1n) is 13.3. The van der Waals surface area contributed by atoms with Gasteiger partial charge < -0.3 is 35.0 Å². The van der Waals surface area contributed by atoms with Gasteiger partial charge in [-0.05, 0) is 81.7 Å². The van der Waals surface area contributed by atoms with Crippen LogP contribution in [0.3, 0.4) is 0 Å². The number of hydrogen-bond acceptors (Lipinski definition) is 4. The van der Waals surface area contributed by atoms with Gasteiger partial charge in [0.15, 0.2) is 0 Å². The second-order valence-electron chi connectivity index (χ2n) is 8.23. The van der Waals surface area contributed by atoms with Crippen molar-refractivity contribution >= 4 is 5.69 Å². The SMILES string of the molecule is C=CCCC1=CCCC=C1.C=CNCNc1ccc(OC)cc1.CCc1ccccc1.[CH2-]CCCNC.[CH3-].[Ce]. The molecule has 0 amide bonds. The largest absolute Gasteiger partial charge is 0.497 e. The van der Waals surface area contributed by atoms with Crippen molar-refractivity contribution in [1.29, 1.82) is 0 Å². The summed E-state index contributed by atoms with van der Waals surface area (Å²) in [5, 5.41) is 9.13. The van der Waals surface area contributed by atoms with Gasteiger partial charge in [-0.3, -0.25) is 0 Å². The molecule has 0 bridgehead atoms. The number of rotatable bonds is 12. The molecule has 0 aliphatic heterocycles. The number of methoxy groups -OCH3 is 1. The molecule has 0 unspecified atom stereocenters. The fourth-order valence-electron chi connectivity index (χ4n) is 3.07. The minimum Gasteiger partial charge on any atom is -0.497 e. The molecule has 0 fully saturated rings. The number of allylic oxidation sites excluding steroid dienone is 5. The van der Waals surface area contributed by atoms with Crippen molar-refractivity contribution in [3.63, 3.8) is 0 Å².